The van der Waals surface area contributed by atoms with Crippen molar-refractivity contribution in [2.24, 2.45) is 5.92 Å². The third-order valence-corrected chi connectivity index (χ3v) is 5.25. The first-order valence-corrected chi connectivity index (χ1v) is 9.88. The van der Waals surface area contributed by atoms with Crippen LogP contribution in [0.4, 0.5) is 0 Å². The van der Waals surface area contributed by atoms with Crippen molar-refractivity contribution in [1.82, 2.24) is 15.5 Å². The number of nitrogens with zero attached hydrogens (tertiary/aromatic N) is 1. The lowest BCUT2D eigenvalue weighted by molar-refractivity contribution is 0.0949. The first kappa shape index (κ1) is 19.8. The average molecular weight is 407 g/mol. The Labute approximate surface area is 175 Å². The van der Waals surface area contributed by atoms with E-state index in [-0.39, 0.29) is 5.91 Å². The zero-order chi connectivity index (χ0) is 21.1. The molecular formula is C23H25N3O4. The summed E-state index contributed by atoms with van der Waals surface area (Å²) < 4.78 is 16.3. The SMILES string of the molecule is COc1ccc(/C=C/c2[nH]nc3ccc(C(=O)NCC4CC4)c(OC)c23)cc1OC. The average Bonchev–Trinajstić information content (AvgIpc) is 3.53. The molecule has 1 aliphatic carbocycles. The molecular weight excluding hydrogens is 382 g/mol. The molecule has 7 nitrogen and oxygen atoms in total. The maximum Gasteiger partial charge on any atom is 0.255 e. The molecule has 7 heteroatoms. The van der Waals surface area contributed by atoms with E-state index in [1.54, 1.807) is 27.4 Å². The molecule has 2 N–H and O–H groups in total. The largest absolute Gasteiger partial charge is 0.495 e. The van der Waals surface area contributed by atoms with Crippen molar-refractivity contribution in [1.29, 1.82) is 0 Å². The summed E-state index contributed by atoms with van der Waals surface area (Å²) in [5.74, 6) is 2.32. The molecule has 3 aromatic rings. The summed E-state index contributed by atoms with van der Waals surface area (Å²) in [6.45, 7) is 0.706. The Balaban J connectivity index is 1.66. The van der Waals surface area contributed by atoms with Crippen LogP contribution in [0.25, 0.3) is 23.1 Å². The molecule has 1 amide bonds. The number of carbonyl (C=O) groups excluding carboxylic acids is 1. The molecule has 0 radical (unpaired) electrons. The minimum atomic E-state index is -0.128. The number of amides is 1. The third kappa shape index (κ3) is 3.96. The number of rotatable bonds is 8. The summed E-state index contributed by atoms with van der Waals surface area (Å²) >= 11 is 0. The van der Waals surface area contributed by atoms with Gasteiger partial charge in [0.2, 0.25) is 0 Å². The van der Waals surface area contributed by atoms with Gasteiger partial charge in [0.1, 0.15) is 5.75 Å². The Hall–Kier alpha value is -3.48. The molecule has 0 aliphatic heterocycles. The lowest BCUT2D eigenvalue weighted by atomic mass is 10.1. The molecule has 0 saturated heterocycles. The van der Waals surface area contributed by atoms with Crippen LogP contribution < -0.4 is 19.5 Å². The fraction of sp³-hybridized carbons (Fsp3) is 0.304. The maximum absolute atomic E-state index is 12.7. The van der Waals surface area contributed by atoms with E-state index in [0.717, 1.165) is 22.2 Å². The molecule has 1 aliphatic rings. The van der Waals surface area contributed by atoms with Crippen LogP contribution >= 0.6 is 0 Å². The molecule has 2 aromatic carbocycles. The Morgan fingerprint density at radius 2 is 1.90 bits per heavy atom. The van der Waals surface area contributed by atoms with Crippen molar-refractivity contribution in [3.05, 3.63) is 47.2 Å². The highest BCUT2D eigenvalue weighted by Crippen LogP contribution is 2.33. The molecule has 0 unspecified atom stereocenters. The highest BCUT2D eigenvalue weighted by molar-refractivity contribution is 6.05. The number of benzene rings is 2. The Kier molecular flexibility index (Phi) is 5.61. The van der Waals surface area contributed by atoms with Gasteiger partial charge in [-0.15, -0.1) is 0 Å². The summed E-state index contributed by atoms with van der Waals surface area (Å²) in [5.41, 5.74) is 2.94. The fourth-order valence-electron chi connectivity index (χ4n) is 3.40. The zero-order valence-electron chi connectivity index (χ0n) is 17.3. The maximum atomic E-state index is 12.7. The van der Waals surface area contributed by atoms with Crippen molar-refractivity contribution in [2.75, 3.05) is 27.9 Å². The summed E-state index contributed by atoms with van der Waals surface area (Å²) in [6.07, 6.45) is 6.21. The number of methoxy groups -OCH3 is 3. The first-order valence-electron chi connectivity index (χ1n) is 9.88. The Morgan fingerprint density at radius 3 is 2.60 bits per heavy atom. The molecule has 156 valence electrons. The summed E-state index contributed by atoms with van der Waals surface area (Å²) in [6, 6.07) is 9.26. The van der Waals surface area contributed by atoms with E-state index < -0.39 is 0 Å². The number of ether oxygens (including phenoxy) is 3. The standard InChI is InChI=1S/C23H25N3O4/c1-28-19-11-7-14(12-20(19)29-2)6-9-17-21-18(26-25-17)10-8-16(22(21)30-3)23(27)24-13-15-4-5-15/h6-12,15H,4-5,13H2,1-3H3,(H,24,27)(H,25,26)/b9-6+. The van der Waals surface area contributed by atoms with Crippen LogP contribution in [0.2, 0.25) is 0 Å². The smallest absolute Gasteiger partial charge is 0.255 e. The third-order valence-electron chi connectivity index (χ3n) is 5.25. The van der Waals surface area contributed by atoms with Crippen molar-refractivity contribution >= 4 is 29.0 Å². The van der Waals surface area contributed by atoms with E-state index in [2.05, 4.69) is 15.5 Å². The number of carbonyl (C=O) groups is 1. The molecule has 4 rings (SSSR count). The second-order valence-corrected chi connectivity index (χ2v) is 7.28. The molecule has 30 heavy (non-hydrogen) atoms. The van der Waals surface area contributed by atoms with Crippen LogP contribution in [0.15, 0.2) is 30.3 Å². The van der Waals surface area contributed by atoms with Gasteiger partial charge in [0.25, 0.3) is 5.91 Å². The van der Waals surface area contributed by atoms with Gasteiger partial charge in [0.15, 0.2) is 11.5 Å². The van der Waals surface area contributed by atoms with Crippen molar-refractivity contribution in [3.63, 3.8) is 0 Å². The molecule has 1 fully saturated rings. The van der Waals surface area contributed by atoms with Gasteiger partial charge in [-0.25, -0.2) is 0 Å². The summed E-state index contributed by atoms with van der Waals surface area (Å²) in [5, 5.41) is 11.2. The normalized spacial score (nSPS) is 13.6. The summed E-state index contributed by atoms with van der Waals surface area (Å²) in [7, 11) is 4.78. The van der Waals surface area contributed by atoms with Crippen LogP contribution in [-0.4, -0.2) is 44.0 Å². The van der Waals surface area contributed by atoms with Crippen molar-refractivity contribution in [2.45, 2.75) is 12.8 Å². The lowest BCUT2D eigenvalue weighted by Gasteiger charge is -2.10. The Bertz CT molecular complexity index is 1100. The van der Waals surface area contributed by atoms with E-state index in [9.17, 15) is 4.79 Å². The van der Waals surface area contributed by atoms with E-state index in [4.69, 9.17) is 14.2 Å². The van der Waals surface area contributed by atoms with Crippen LogP contribution in [0.1, 0.15) is 34.5 Å². The number of fused-ring (bicyclic) bond motifs is 1. The van der Waals surface area contributed by atoms with Crippen molar-refractivity contribution < 1.29 is 19.0 Å². The van der Waals surface area contributed by atoms with Crippen molar-refractivity contribution in [3.8, 4) is 17.2 Å². The second-order valence-electron chi connectivity index (χ2n) is 7.28. The van der Waals surface area contributed by atoms with E-state index >= 15 is 0 Å². The van der Waals surface area contributed by atoms with E-state index in [1.807, 2.05) is 36.4 Å². The predicted octanol–water partition coefficient (Wildman–Crippen LogP) is 3.90. The minimum Gasteiger partial charge on any atom is -0.495 e. The first-order chi connectivity index (χ1) is 14.6. The van der Waals surface area contributed by atoms with Crippen LogP contribution in [0, 0.1) is 5.92 Å². The zero-order valence-corrected chi connectivity index (χ0v) is 17.3. The molecule has 1 aromatic heterocycles. The van der Waals surface area contributed by atoms with Crippen LogP contribution in [0.3, 0.4) is 0 Å². The molecule has 0 atom stereocenters. The molecule has 0 bridgehead atoms. The van der Waals surface area contributed by atoms with Gasteiger partial charge in [0.05, 0.1) is 43.5 Å². The monoisotopic (exact) mass is 407 g/mol. The lowest BCUT2D eigenvalue weighted by Crippen LogP contribution is -2.26. The van der Waals surface area contributed by atoms with Gasteiger partial charge in [-0.3, -0.25) is 9.89 Å². The predicted molar refractivity (Wildman–Crippen MR) is 116 cm³/mol. The highest BCUT2D eigenvalue weighted by atomic mass is 16.5. The van der Waals surface area contributed by atoms with Gasteiger partial charge in [-0.1, -0.05) is 12.1 Å². The van der Waals surface area contributed by atoms with E-state index in [1.165, 1.54) is 12.8 Å². The number of hydrogen-bond acceptors (Lipinski definition) is 5. The number of aromatic amines is 1. The number of nitrogens with one attached hydrogen (secondary N) is 2. The van der Waals surface area contributed by atoms with Gasteiger partial charge < -0.3 is 19.5 Å². The number of hydrogen-bond donors (Lipinski definition) is 2. The fourth-order valence-corrected chi connectivity index (χ4v) is 3.40. The van der Waals surface area contributed by atoms with Gasteiger partial charge in [-0.2, -0.15) is 5.10 Å². The van der Waals surface area contributed by atoms with Crippen LogP contribution in [-0.2, 0) is 0 Å². The second kappa shape index (κ2) is 8.49. The quantitative estimate of drug-likeness (QED) is 0.592. The van der Waals surface area contributed by atoms with Gasteiger partial charge >= 0.3 is 0 Å². The highest BCUT2D eigenvalue weighted by Gasteiger charge is 2.24. The topological polar surface area (TPSA) is 85.5 Å². The minimum absolute atomic E-state index is 0.128. The molecule has 0 spiro atoms. The number of aromatic nitrogens is 2. The molecule has 1 saturated carbocycles. The molecule has 1 heterocycles. The van der Waals surface area contributed by atoms with E-state index in [0.29, 0.717) is 35.3 Å². The van der Waals surface area contributed by atoms with Gasteiger partial charge in [-0.05, 0) is 54.7 Å². The summed E-state index contributed by atoms with van der Waals surface area (Å²) in [4.78, 5) is 12.7. The van der Waals surface area contributed by atoms with Gasteiger partial charge in [0, 0.05) is 6.54 Å². The Morgan fingerprint density at radius 1 is 1.10 bits per heavy atom. The number of H-pyrrole nitrogens is 1. The van der Waals surface area contributed by atoms with Crippen LogP contribution in [0.5, 0.6) is 17.2 Å².